The average molecular weight is 267 g/mol. The van der Waals surface area contributed by atoms with Crippen molar-refractivity contribution in [3.8, 4) is 0 Å². The molecule has 1 aromatic rings. The lowest BCUT2D eigenvalue weighted by atomic mass is 10.2. The number of morpholine rings is 1. The Labute approximate surface area is 113 Å². The van der Waals surface area contributed by atoms with E-state index in [0.717, 1.165) is 32.0 Å². The van der Waals surface area contributed by atoms with Crippen molar-refractivity contribution in [3.05, 3.63) is 29.8 Å². The molecule has 100 valence electrons. The lowest BCUT2D eigenvalue weighted by molar-refractivity contribution is -0.0509. The van der Waals surface area contributed by atoms with Crippen molar-refractivity contribution >= 4 is 11.8 Å². The topological polar surface area (TPSA) is 32.7 Å². The van der Waals surface area contributed by atoms with Crippen LogP contribution in [0.5, 0.6) is 0 Å². The van der Waals surface area contributed by atoms with Gasteiger partial charge >= 0.3 is 0 Å². The van der Waals surface area contributed by atoms with Crippen LogP contribution in [0.2, 0.25) is 0 Å². The summed E-state index contributed by atoms with van der Waals surface area (Å²) in [7, 11) is 0. The first-order chi connectivity index (χ1) is 8.78. The molecule has 1 aliphatic heterocycles. The molecule has 2 rings (SSSR count). The minimum absolute atomic E-state index is 0.00289. The monoisotopic (exact) mass is 267 g/mol. The van der Waals surface area contributed by atoms with Crippen molar-refractivity contribution in [3.63, 3.8) is 0 Å². The summed E-state index contributed by atoms with van der Waals surface area (Å²) in [5, 5.41) is 9.08. The second-order valence-electron chi connectivity index (χ2n) is 4.64. The molecule has 0 aromatic heterocycles. The van der Waals surface area contributed by atoms with Gasteiger partial charge in [0.1, 0.15) is 0 Å². The molecule has 1 fully saturated rings. The molecule has 4 heteroatoms. The third-order valence-corrected chi connectivity index (χ3v) is 4.12. The molecule has 1 heterocycles. The van der Waals surface area contributed by atoms with Gasteiger partial charge in [0.25, 0.3) is 0 Å². The van der Waals surface area contributed by atoms with Crippen LogP contribution in [0.15, 0.2) is 29.2 Å². The number of hydrogen-bond donors (Lipinski definition) is 1. The molecule has 1 aromatic carbocycles. The first-order valence-corrected chi connectivity index (χ1v) is 7.41. The highest BCUT2D eigenvalue weighted by molar-refractivity contribution is 7.99. The molecule has 3 nitrogen and oxygen atoms in total. The summed E-state index contributed by atoms with van der Waals surface area (Å²) in [6.45, 7) is 5.85. The molecule has 0 aliphatic carbocycles. The van der Waals surface area contributed by atoms with Crippen LogP contribution in [0.25, 0.3) is 0 Å². The van der Waals surface area contributed by atoms with Crippen LogP contribution < -0.4 is 0 Å². The molecule has 1 aliphatic rings. The van der Waals surface area contributed by atoms with E-state index in [0.29, 0.717) is 0 Å². The van der Waals surface area contributed by atoms with Crippen molar-refractivity contribution in [2.75, 3.05) is 38.6 Å². The van der Waals surface area contributed by atoms with E-state index in [-0.39, 0.29) is 12.7 Å². The maximum absolute atomic E-state index is 9.08. The summed E-state index contributed by atoms with van der Waals surface area (Å²) < 4.78 is 5.44. The minimum atomic E-state index is 0.00289. The van der Waals surface area contributed by atoms with Gasteiger partial charge in [-0.3, -0.25) is 4.90 Å². The smallest absolute Gasteiger partial charge is 0.0932 e. The molecule has 0 spiro atoms. The van der Waals surface area contributed by atoms with Crippen LogP contribution in [0.1, 0.15) is 5.56 Å². The van der Waals surface area contributed by atoms with Crippen LogP contribution in [-0.4, -0.2) is 54.7 Å². The molecule has 18 heavy (non-hydrogen) atoms. The zero-order valence-electron chi connectivity index (χ0n) is 10.8. The summed E-state index contributed by atoms with van der Waals surface area (Å²) in [5.41, 5.74) is 1.30. The van der Waals surface area contributed by atoms with Crippen LogP contribution >= 0.6 is 11.8 Å². The molecule has 1 N–H and O–H groups in total. The molecular formula is C14H21NO2S. The van der Waals surface area contributed by atoms with Crippen LogP contribution in [0.4, 0.5) is 0 Å². The number of benzene rings is 1. The second-order valence-corrected chi connectivity index (χ2v) is 5.81. The quantitative estimate of drug-likeness (QED) is 0.824. The zero-order valence-corrected chi connectivity index (χ0v) is 11.7. The summed E-state index contributed by atoms with van der Waals surface area (Å²) in [6.07, 6.45) is 0.00289. The Morgan fingerprint density at radius 3 is 2.89 bits per heavy atom. The Bertz CT molecular complexity index is 355. The normalized spacial score (nSPS) is 21.1. The first kappa shape index (κ1) is 13.9. The third-order valence-electron chi connectivity index (χ3n) is 3.12. The van der Waals surface area contributed by atoms with Gasteiger partial charge in [-0.1, -0.05) is 17.7 Å². The number of ether oxygens (including phenoxy) is 1. The molecule has 0 amide bonds. The fraction of sp³-hybridized carbons (Fsp3) is 0.571. The van der Waals surface area contributed by atoms with E-state index in [1.165, 1.54) is 10.5 Å². The van der Waals surface area contributed by atoms with Crippen LogP contribution in [-0.2, 0) is 4.74 Å². The number of nitrogens with zero attached hydrogens (tertiary/aromatic N) is 1. The van der Waals surface area contributed by atoms with E-state index in [1.807, 2.05) is 11.8 Å². The van der Waals surface area contributed by atoms with Crippen molar-refractivity contribution in [1.29, 1.82) is 0 Å². The van der Waals surface area contributed by atoms with E-state index >= 15 is 0 Å². The van der Waals surface area contributed by atoms with Gasteiger partial charge in [-0.15, -0.1) is 11.8 Å². The highest BCUT2D eigenvalue weighted by atomic mass is 32.2. The molecule has 1 saturated heterocycles. The van der Waals surface area contributed by atoms with Gasteiger partial charge in [0, 0.05) is 30.3 Å². The summed E-state index contributed by atoms with van der Waals surface area (Å²) in [5.74, 6) is 1.08. The standard InChI is InChI=1S/C14H21NO2S/c1-12-2-4-14(5-3-12)18-9-7-15-6-8-17-13(10-15)11-16/h2-5,13,16H,6-11H2,1H3. The van der Waals surface area contributed by atoms with Gasteiger partial charge in [0.2, 0.25) is 0 Å². The van der Waals surface area contributed by atoms with E-state index in [2.05, 4.69) is 36.1 Å². The maximum Gasteiger partial charge on any atom is 0.0932 e. The van der Waals surface area contributed by atoms with Gasteiger partial charge in [0.05, 0.1) is 19.3 Å². The van der Waals surface area contributed by atoms with Crippen LogP contribution in [0.3, 0.4) is 0 Å². The van der Waals surface area contributed by atoms with Crippen molar-refractivity contribution < 1.29 is 9.84 Å². The molecule has 1 atom stereocenters. The number of thioether (sulfide) groups is 1. The van der Waals surface area contributed by atoms with Gasteiger partial charge in [0.15, 0.2) is 0 Å². The predicted octanol–water partition coefficient (Wildman–Crippen LogP) is 1.78. The Morgan fingerprint density at radius 1 is 1.39 bits per heavy atom. The Morgan fingerprint density at radius 2 is 2.17 bits per heavy atom. The van der Waals surface area contributed by atoms with Crippen LogP contribution in [0, 0.1) is 6.92 Å². The lowest BCUT2D eigenvalue weighted by Crippen LogP contribution is -2.44. The number of rotatable bonds is 5. The number of aliphatic hydroxyl groups excluding tert-OH is 1. The molecular weight excluding hydrogens is 246 g/mol. The van der Waals surface area contributed by atoms with Crippen molar-refractivity contribution in [2.24, 2.45) is 0 Å². The van der Waals surface area contributed by atoms with Crippen molar-refractivity contribution in [2.45, 2.75) is 17.9 Å². The maximum atomic E-state index is 9.08. The second kappa shape index (κ2) is 7.14. The van der Waals surface area contributed by atoms with Gasteiger partial charge in [-0.25, -0.2) is 0 Å². The zero-order chi connectivity index (χ0) is 12.8. The number of hydrogen-bond acceptors (Lipinski definition) is 4. The van der Waals surface area contributed by atoms with Gasteiger partial charge in [-0.05, 0) is 19.1 Å². The Hall–Kier alpha value is -0.550. The van der Waals surface area contributed by atoms with Gasteiger partial charge in [-0.2, -0.15) is 0 Å². The third kappa shape index (κ3) is 4.28. The highest BCUT2D eigenvalue weighted by Crippen LogP contribution is 2.18. The van der Waals surface area contributed by atoms with E-state index in [9.17, 15) is 0 Å². The molecule has 0 radical (unpaired) electrons. The number of aliphatic hydroxyl groups is 1. The van der Waals surface area contributed by atoms with E-state index in [4.69, 9.17) is 9.84 Å². The lowest BCUT2D eigenvalue weighted by Gasteiger charge is -2.31. The number of aryl methyl sites for hydroxylation is 1. The van der Waals surface area contributed by atoms with E-state index in [1.54, 1.807) is 0 Å². The van der Waals surface area contributed by atoms with Gasteiger partial charge < -0.3 is 9.84 Å². The Kier molecular flexibility index (Phi) is 5.50. The fourth-order valence-corrected chi connectivity index (χ4v) is 2.93. The Balaban J connectivity index is 1.70. The average Bonchev–Trinajstić information content (AvgIpc) is 2.41. The summed E-state index contributed by atoms with van der Waals surface area (Å²) in [4.78, 5) is 3.69. The molecule has 1 unspecified atom stereocenters. The largest absolute Gasteiger partial charge is 0.394 e. The highest BCUT2D eigenvalue weighted by Gasteiger charge is 2.18. The summed E-state index contributed by atoms with van der Waals surface area (Å²) in [6, 6.07) is 8.66. The first-order valence-electron chi connectivity index (χ1n) is 6.42. The SMILES string of the molecule is Cc1ccc(SCCN2CCOC(CO)C2)cc1. The minimum Gasteiger partial charge on any atom is -0.394 e. The molecule has 0 saturated carbocycles. The van der Waals surface area contributed by atoms with Crippen molar-refractivity contribution in [1.82, 2.24) is 4.90 Å². The van der Waals surface area contributed by atoms with E-state index < -0.39 is 0 Å². The molecule has 0 bridgehead atoms. The summed E-state index contributed by atoms with van der Waals surface area (Å²) >= 11 is 1.89. The predicted molar refractivity (Wildman–Crippen MR) is 75.2 cm³/mol. The fourth-order valence-electron chi connectivity index (χ4n) is 2.02.